The van der Waals surface area contributed by atoms with Gasteiger partial charge in [0.25, 0.3) is 0 Å². The van der Waals surface area contributed by atoms with Crippen LogP contribution in [0.4, 0.5) is 4.39 Å². The molecule has 15 heavy (non-hydrogen) atoms. The SMILES string of the molecule is Cc1ccc(F)c(C(O)C(O)C2CC2)c1. The molecule has 0 saturated heterocycles. The molecule has 2 N–H and O–H groups in total. The predicted octanol–water partition coefficient (Wildman–Crippen LogP) is 1.94. The second-order valence-corrected chi connectivity index (χ2v) is 4.30. The molecule has 1 aromatic rings. The second kappa shape index (κ2) is 3.91. The summed E-state index contributed by atoms with van der Waals surface area (Å²) in [6.07, 6.45) is -0.0872. The molecule has 2 rings (SSSR count). The minimum Gasteiger partial charge on any atom is -0.390 e. The molecule has 2 atom stereocenters. The second-order valence-electron chi connectivity index (χ2n) is 4.30. The lowest BCUT2D eigenvalue weighted by Crippen LogP contribution is -2.21. The van der Waals surface area contributed by atoms with E-state index in [4.69, 9.17) is 0 Å². The molecular formula is C12H15FO2. The third kappa shape index (κ3) is 2.19. The number of hydrogen-bond acceptors (Lipinski definition) is 2. The Bertz CT molecular complexity index is 361. The van der Waals surface area contributed by atoms with Gasteiger partial charge in [0, 0.05) is 5.56 Å². The van der Waals surface area contributed by atoms with Gasteiger partial charge in [-0.25, -0.2) is 4.39 Å². The van der Waals surface area contributed by atoms with Crippen molar-refractivity contribution >= 4 is 0 Å². The molecule has 0 spiro atoms. The van der Waals surface area contributed by atoms with Gasteiger partial charge in [0.1, 0.15) is 11.9 Å². The lowest BCUT2D eigenvalue weighted by molar-refractivity contribution is 0.00288. The summed E-state index contributed by atoms with van der Waals surface area (Å²) in [5.74, 6) is -0.312. The highest BCUT2D eigenvalue weighted by Gasteiger charge is 2.35. The van der Waals surface area contributed by atoms with Gasteiger partial charge < -0.3 is 10.2 Å². The smallest absolute Gasteiger partial charge is 0.129 e. The van der Waals surface area contributed by atoms with Crippen LogP contribution in [0.3, 0.4) is 0 Å². The van der Waals surface area contributed by atoms with Gasteiger partial charge in [-0.3, -0.25) is 0 Å². The van der Waals surface area contributed by atoms with Crippen molar-refractivity contribution in [3.05, 3.63) is 35.1 Å². The van der Waals surface area contributed by atoms with Crippen molar-refractivity contribution in [1.29, 1.82) is 0 Å². The van der Waals surface area contributed by atoms with Crippen LogP contribution in [0.2, 0.25) is 0 Å². The van der Waals surface area contributed by atoms with E-state index in [0.29, 0.717) is 0 Å². The normalized spacial score (nSPS) is 20.0. The maximum absolute atomic E-state index is 13.4. The van der Waals surface area contributed by atoms with E-state index in [1.807, 2.05) is 6.92 Å². The van der Waals surface area contributed by atoms with Crippen LogP contribution < -0.4 is 0 Å². The molecule has 1 aromatic carbocycles. The fourth-order valence-electron chi connectivity index (χ4n) is 1.77. The van der Waals surface area contributed by atoms with Crippen LogP contribution in [0, 0.1) is 18.7 Å². The van der Waals surface area contributed by atoms with Crippen molar-refractivity contribution in [1.82, 2.24) is 0 Å². The first kappa shape index (κ1) is 10.6. The van der Waals surface area contributed by atoms with Crippen molar-refractivity contribution in [2.75, 3.05) is 0 Å². The van der Waals surface area contributed by atoms with Crippen LogP contribution in [0.1, 0.15) is 30.1 Å². The lowest BCUT2D eigenvalue weighted by Gasteiger charge is -2.18. The van der Waals surface area contributed by atoms with Crippen LogP contribution in [0.15, 0.2) is 18.2 Å². The number of halogens is 1. The number of hydrogen-bond donors (Lipinski definition) is 2. The molecule has 0 radical (unpaired) electrons. The minimum absolute atomic E-state index is 0.139. The number of benzene rings is 1. The van der Waals surface area contributed by atoms with Crippen molar-refractivity contribution in [3.8, 4) is 0 Å². The molecule has 3 heteroatoms. The van der Waals surface area contributed by atoms with E-state index in [9.17, 15) is 14.6 Å². The van der Waals surface area contributed by atoms with Gasteiger partial charge in [-0.2, -0.15) is 0 Å². The maximum atomic E-state index is 13.4. The lowest BCUT2D eigenvalue weighted by atomic mass is 9.99. The Morgan fingerprint density at radius 3 is 2.60 bits per heavy atom. The standard InChI is InChI=1S/C12H15FO2/c1-7-2-5-10(13)9(6-7)12(15)11(14)8-3-4-8/h2,5-6,8,11-12,14-15H,3-4H2,1H3. The highest BCUT2D eigenvalue weighted by atomic mass is 19.1. The van der Waals surface area contributed by atoms with Crippen LogP contribution in [0.25, 0.3) is 0 Å². The first-order valence-corrected chi connectivity index (χ1v) is 5.22. The fourth-order valence-corrected chi connectivity index (χ4v) is 1.77. The first-order valence-electron chi connectivity index (χ1n) is 5.22. The molecule has 0 aliphatic heterocycles. The van der Waals surface area contributed by atoms with E-state index in [2.05, 4.69) is 0 Å². The van der Waals surface area contributed by atoms with E-state index < -0.39 is 18.0 Å². The monoisotopic (exact) mass is 210 g/mol. The highest BCUT2D eigenvalue weighted by molar-refractivity contribution is 5.26. The summed E-state index contributed by atoms with van der Waals surface area (Å²) in [7, 11) is 0. The summed E-state index contributed by atoms with van der Waals surface area (Å²) in [4.78, 5) is 0. The molecule has 2 nitrogen and oxygen atoms in total. The molecule has 0 heterocycles. The van der Waals surface area contributed by atoms with Crippen LogP contribution in [-0.2, 0) is 0 Å². The minimum atomic E-state index is -1.10. The van der Waals surface area contributed by atoms with Gasteiger partial charge >= 0.3 is 0 Å². The third-order valence-corrected chi connectivity index (χ3v) is 2.90. The average Bonchev–Trinajstić information content (AvgIpc) is 3.03. The summed E-state index contributed by atoms with van der Waals surface area (Å²) < 4.78 is 13.4. The van der Waals surface area contributed by atoms with E-state index in [1.165, 1.54) is 6.07 Å². The topological polar surface area (TPSA) is 40.5 Å². The van der Waals surface area contributed by atoms with Crippen LogP contribution in [-0.4, -0.2) is 16.3 Å². The van der Waals surface area contributed by atoms with Gasteiger partial charge in [-0.05, 0) is 31.7 Å². The molecule has 0 aromatic heterocycles. The molecule has 2 unspecified atom stereocenters. The fraction of sp³-hybridized carbons (Fsp3) is 0.500. The van der Waals surface area contributed by atoms with Gasteiger partial charge in [0.05, 0.1) is 6.10 Å². The summed E-state index contributed by atoms with van der Waals surface area (Å²) >= 11 is 0. The number of aliphatic hydroxyl groups excluding tert-OH is 2. The van der Waals surface area contributed by atoms with Gasteiger partial charge in [0.2, 0.25) is 0 Å². The zero-order valence-electron chi connectivity index (χ0n) is 8.65. The van der Waals surface area contributed by atoms with Crippen molar-refractivity contribution in [3.63, 3.8) is 0 Å². The largest absolute Gasteiger partial charge is 0.390 e. The quantitative estimate of drug-likeness (QED) is 0.800. The Labute approximate surface area is 88.4 Å². The van der Waals surface area contributed by atoms with Crippen LogP contribution in [0.5, 0.6) is 0 Å². The van der Waals surface area contributed by atoms with Gasteiger partial charge in [-0.15, -0.1) is 0 Å². The molecular weight excluding hydrogens is 195 g/mol. The highest BCUT2D eigenvalue weighted by Crippen LogP contribution is 2.38. The molecule has 1 aliphatic carbocycles. The Hall–Kier alpha value is -0.930. The van der Waals surface area contributed by atoms with E-state index in [-0.39, 0.29) is 11.5 Å². The first-order chi connectivity index (χ1) is 7.09. The third-order valence-electron chi connectivity index (χ3n) is 2.90. The van der Waals surface area contributed by atoms with E-state index in [1.54, 1.807) is 12.1 Å². The Kier molecular flexibility index (Phi) is 2.76. The summed E-state index contributed by atoms with van der Waals surface area (Å²) in [5, 5.41) is 19.5. The molecule has 82 valence electrons. The molecule has 1 fully saturated rings. The predicted molar refractivity (Wildman–Crippen MR) is 54.8 cm³/mol. The zero-order chi connectivity index (χ0) is 11.0. The van der Waals surface area contributed by atoms with Gasteiger partial charge in [-0.1, -0.05) is 17.7 Å². The Balaban J connectivity index is 2.23. The van der Waals surface area contributed by atoms with Crippen molar-refractivity contribution < 1.29 is 14.6 Å². The molecule has 1 saturated carbocycles. The van der Waals surface area contributed by atoms with E-state index >= 15 is 0 Å². The molecule has 0 amide bonds. The number of rotatable bonds is 3. The Morgan fingerprint density at radius 1 is 1.33 bits per heavy atom. The molecule has 0 bridgehead atoms. The Morgan fingerprint density at radius 2 is 2.00 bits per heavy atom. The van der Waals surface area contributed by atoms with Gasteiger partial charge in [0.15, 0.2) is 0 Å². The number of aryl methyl sites for hydroxylation is 1. The zero-order valence-corrected chi connectivity index (χ0v) is 8.65. The number of aliphatic hydroxyl groups is 2. The summed E-state index contributed by atoms with van der Waals surface area (Å²) in [6, 6.07) is 4.56. The summed E-state index contributed by atoms with van der Waals surface area (Å²) in [6.45, 7) is 1.83. The average molecular weight is 210 g/mol. The maximum Gasteiger partial charge on any atom is 0.129 e. The van der Waals surface area contributed by atoms with Crippen molar-refractivity contribution in [2.24, 2.45) is 5.92 Å². The molecule has 1 aliphatic rings. The van der Waals surface area contributed by atoms with E-state index in [0.717, 1.165) is 18.4 Å². The van der Waals surface area contributed by atoms with Crippen LogP contribution >= 0.6 is 0 Å². The van der Waals surface area contributed by atoms with Crippen molar-refractivity contribution in [2.45, 2.75) is 32.0 Å². The summed E-state index contributed by atoms with van der Waals surface area (Å²) in [5.41, 5.74) is 1.09.